The van der Waals surface area contributed by atoms with Crippen LogP contribution in [0.2, 0.25) is 0 Å². The molecule has 0 bridgehead atoms. The molecule has 0 amide bonds. The maximum atomic E-state index is 8.95. The first kappa shape index (κ1) is 8.26. The summed E-state index contributed by atoms with van der Waals surface area (Å²) in [6.07, 6.45) is 9.49. The van der Waals surface area contributed by atoms with Crippen LogP contribution < -0.4 is 0 Å². The van der Waals surface area contributed by atoms with E-state index in [2.05, 4.69) is 5.92 Å². The molecule has 50 valence electrons. The maximum Gasteiger partial charge on any atom is 0.0830 e. The van der Waals surface area contributed by atoms with Gasteiger partial charge in [0.2, 0.25) is 0 Å². The smallest absolute Gasteiger partial charge is 0.0830 e. The van der Waals surface area contributed by atoms with Gasteiger partial charge < -0.3 is 5.11 Å². The van der Waals surface area contributed by atoms with Crippen LogP contribution in [0.25, 0.3) is 0 Å². The van der Waals surface area contributed by atoms with Crippen LogP contribution in [0.1, 0.15) is 19.8 Å². The molecule has 0 aliphatic rings. The SMILES string of the molecule is C#CCC(O)/C=C/CC. The van der Waals surface area contributed by atoms with Crippen LogP contribution in [0.15, 0.2) is 12.2 Å². The lowest BCUT2D eigenvalue weighted by Crippen LogP contribution is -1.98. The normalized spacial score (nSPS) is 13.4. The Morgan fingerprint density at radius 1 is 1.78 bits per heavy atom. The number of rotatable bonds is 3. The molecule has 0 aliphatic heterocycles. The molecule has 1 N–H and O–H groups in total. The van der Waals surface area contributed by atoms with E-state index in [1.807, 2.05) is 13.0 Å². The van der Waals surface area contributed by atoms with Gasteiger partial charge in [-0.2, -0.15) is 0 Å². The molecule has 0 aromatic carbocycles. The van der Waals surface area contributed by atoms with Crippen molar-refractivity contribution in [1.29, 1.82) is 0 Å². The molecular weight excluding hydrogens is 112 g/mol. The van der Waals surface area contributed by atoms with Crippen molar-refractivity contribution in [2.24, 2.45) is 0 Å². The van der Waals surface area contributed by atoms with E-state index in [0.29, 0.717) is 6.42 Å². The third-order valence-electron chi connectivity index (χ3n) is 0.921. The second-order valence-corrected chi connectivity index (χ2v) is 1.81. The van der Waals surface area contributed by atoms with Gasteiger partial charge in [-0.15, -0.1) is 12.3 Å². The van der Waals surface area contributed by atoms with Crippen LogP contribution in [0.3, 0.4) is 0 Å². The lowest BCUT2D eigenvalue weighted by atomic mass is 10.2. The largest absolute Gasteiger partial charge is 0.388 e. The standard InChI is InChI=1S/C8H12O/c1-3-5-7-8(9)6-4-2/h2,5,7-9H,3,6H2,1H3/b7-5+. The highest BCUT2D eigenvalue weighted by molar-refractivity contribution is 4.96. The summed E-state index contributed by atoms with van der Waals surface area (Å²) in [5.41, 5.74) is 0. The molecule has 0 saturated carbocycles. The van der Waals surface area contributed by atoms with Crippen molar-refractivity contribution in [3.05, 3.63) is 12.2 Å². The number of aliphatic hydroxyl groups is 1. The summed E-state index contributed by atoms with van der Waals surface area (Å²) in [5, 5.41) is 8.95. The second-order valence-electron chi connectivity index (χ2n) is 1.81. The van der Waals surface area contributed by atoms with E-state index in [-0.39, 0.29) is 0 Å². The fourth-order valence-corrected chi connectivity index (χ4v) is 0.482. The van der Waals surface area contributed by atoms with Gasteiger partial charge in [-0.05, 0) is 6.42 Å². The van der Waals surface area contributed by atoms with Gasteiger partial charge in [0.25, 0.3) is 0 Å². The quantitative estimate of drug-likeness (QED) is 0.444. The summed E-state index contributed by atoms with van der Waals surface area (Å²) in [7, 11) is 0. The van der Waals surface area contributed by atoms with E-state index >= 15 is 0 Å². The first-order valence-corrected chi connectivity index (χ1v) is 3.09. The Hall–Kier alpha value is -0.740. The Morgan fingerprint density at radius 2 is 2.44 bits per heavy atom. The molecular formula is C8H12O. The minimum atomic E-state index is -0.449. The topological polar surface area (TPSA) is 20.2 Å². The highest BCUT2D eigenvalue weighted by Crippen LogP contribution is 1.92. The van der Waals surface area contributed by atoms with Crippen molar-refractivity contribution in [1.82, 2.24) is 0 Å². The molecule has 1 heteroatoms. The Labute approximate surface area is 56.4 Å². The molecule has 0 aromatic rings. The van der Waals surface area contributed by atoms with Crippen molar-refractivity contribution < 1.29 is 5.11 Å². The van der Waals surface area contributed by atoms with E-state index in [1.165, 1.54) is 0 Å². The predicted molar refractivity (Wildman–Crippen MR) is 38.9 cm³/mol. The molecule has 0 radical (unpaired) electrons. The molecule has 0 saturated heterocycles. The van der Waals surface area contributed by atoms with E-state index in [9.17, 15) is 0 Å². The number of aliphatic hydroxyl groups excluding tert-OH is 1. The lowest BCUT2D eigenvalue weighted by Gasteiger charge is -1.95. The van der Waals surface area contributed by atoms with E-state index < -0.39 is 6.10 Å². The highest BCUT2D eigenvalue weighted by atomic mass is 16.3. The van der Waals surface area contributed by atoms with E-state index in [4.69, 9.17) is 11.5 Å². The highest BCUT2D eigenvalue weighted by Gasteiger charge is 1.91. The Balaban J connectivity index is 3.39. The maximum absolute atomic E-state index is 8.95. The zero-order valence-electron chi connectivity index (χ0n) is 5.67. The molecule has 1 atom stereocenters. The van der Waals surface area contributed by atoms with Gasteiger partial charge in [0.05, 0.1) is 6.10 Å². The third kappa shape index (κ3) is 5.13. The Morgan fingerprint density at radius 3 is 2.89 bits per heavy atom. The van der Waals surface area contributed by atoms with Crippen LogP contribution in [-0.2, 0) is 0 Å². The summed E-state index contributed by atoms with van der Waals surface area (Å²) in [6, 6.07) is 0. The Bertz CT molecular complexity index is 119. The minimum absolute atomic E-state index is 0.413. The van der Waals surface area contributed by atoms with Crippen molar-refractivity contribution in [3.63, 3.8) is 0 Å². The average molecular weight is 124 g/mol. The molecule has 0 rings (SSSR count). The number of hydrogen-bond acceptors (Lipinski definition) is 1. The second kappa shape index (κ2) is 5.40. The van der Waals surface area contributed by atoms with Gasteiger partial charge >= 0.3 is 0 Å². The number of allylic oxidation sites excluding steroid dienone is 1. The van der Waals surface area contributed by atoms with Crippen LogP contribution in [-0.4, -0.2) is 11.2 Å². The first-order valence-electron chi connectivity index (χ1n) is 3.09. The lowest BCUT2D eigenvalue weighted by molar-refractivity contribution is 0.229. The Kier molecular flexibility index (Phi) is 4.95. The average Bonchev–Trinajstić information content (AvgIpc) is 1.85. The van der Waals surface area contributed by atoms with Gasteiger partial charge in [-0.25, -0.2) is 0 Å². The van der Waals surface area contributed by atoms with Gasteiger partial charge in [0.15, 0.2) is 0 Å². The zero-order chi connectivity index (χ0) is 7.11. The monoisotopic (exact) mass is 124 g/mol. The number of hydrogen-bond donors (Lipinski definition) is 1. The summed E-state index contributed by atoms with van der Waals surface area (Å²) in [5.74, 6) is 2.38. The van der Waals surface area contributed by atoms with Crippen molar-refractivity contribution in [2.45, 2.75) is 25.9 Å². The molecule has 0 heterocycles. The number of terminal acetylenes is 1. The molecule has 1 unspecified atom stereocenters. The van der Waals surface area contributed by atoms with Gasteiger partial charge in [0.1, 0.15) is 0 Å². The summed E-state index contributed by atoms with van der Waals surface area (Å²) in [6.45, 7) is 2.01. The predicted octanol–water partition coefficient (Wildman–Crippen LogP) is 1.34. The van der Waals surface area contributed by atoms with Crippen molar-refractivity contribution in [3.8, 4) is 12.3 Å². The van der Waals surface area contributed by atoms with Gasteiger partial charge in [0, 0.05) is 6.42 Å². The summed E-state index contributed by atoms with van der Waals surface area (Å²) < 4.78 is 0. The van der Waals surface area contributed by atoms with Gasteiger partial charge in [-0.3, -0.25) is 0 Å². The zero-order valence-corrected chi connectivity index (χ0v) is 5.67. The van der Waals surface area contributed by atoms with Crippen LogP contribution in [0, 0.1) is 12.3 Å². The molecule has 0 aromatic heterocycles. The summed E-state index contributed by atoms with van der Waals surface area (Å²) >= 11 is 0. The van der Waals surface area contributed by atoms with Crippen molar-refractivity contribution >= 4 is 0 Å². The molecule has 0 aliphatic carbocycles. The van der Waals surface area contributed by atoms with Gasteiger partial charge in [-0.1, -0.05) is 19.1 Å². The van der Waals surface area contributed by atoms with Crippen molar-refractivity contribution in [2.75, 3.05) is 0 Å². The minimum Gasteiger partial charge on any atom is -0.388 e. The van der Waals surface area contributed by atoms with Crippen LogP contribution in [0.5, 0.6) is 0 Å². The molecule has 0 fully saturated rings. The fourth-order valence-electron chi connectivity index (χ4n) is 0.482. The van der Waals surface area contributed by atoms with E-state index in [0.717, 1.165) is 6.42 Å². The van der Waals surface area contributed by atoms with E-state index in [1.54, 1.807) is 6.08 Å². The summed E-state index contributed by atoms with van der Waals surface area (Å²) in [4.78, 5) is 0. The molecule has 1 nitrogen and oxygen atoms in total. The van der Waals surface area contributed by atoms with Crippen LogP contribution in [0.4, 0.5) is 0 Å². The third-order valence-corrected chi connectivity index (χ3v) is 0.921. The molecule has 9 heavy (non-hydrogen) atoms. The van der Waals surface area contributed by atoms with Crippen LogP contribution >= 0.6 is 0 Å². The molecule has 0 spiro atoms. The fraction of sp³-hybridized carbons (Fsp3) is 0.500. The first-order chi connectivity index (χ1) is 4.31.